The van der Waals surface area contributed by atoms with Gasteiger partial charge in [-0.3, -0.25) is 4.79 Å². The fourth-order valence-corrected chi connectivity index (χ4v) is 3.89. The van der Waals surface area contributed by atoms with Crippen molar-refractivity contribution in [2.24, 2.45) is 5.41 Å². The molecule has 2 fully saturated rings. The molecule has 0 unspecified atom stereocenters. The molecule has 2 heterocycles. The van der Waals surface area contributed by atoms with Crippen molar-refractivity contribution in [1.29, 1.82) is 0 Å². The summed E-state index contributed by atoms with van der Waals surface area (Å²) in [5.74, 6) is 0.258. The van der Waals surface area contributed by atoms with Gasteiger partial charge in [-0.1, -0.05) is 0 Å². The first-order chi connectivity index (χ1) is 11.6. The largest absolute Gasteiger partial charge is 0.484 e. The van der Waals surface area contributed by atoms with Crippen molar-refractivity contribution in [2.75, 3.05) is 39.8 Å². The molecule has 0 radical (unpaired) electrons. The zero-order valence-electron chi connectivity index (χ0n) is 14.5. The van der Waals surface area contributed by atoms with E-state index in [1.165, 1.54) is 44.5 Å². The summed E-state index contributed by atoms with van der Waals surface area (Å²) in [6.07, 6.45) is 5.99. The van der Waals surface area contributed by atoms with Crippen LogP contribution in [0.3, 0.4) is 0 Å². The highest BCUT2D eigenvalue weighted by atomic mass is 19.1. The molecule has 2 saturated heterocycles. The van der Waals surface area contributed by atoms with Crippen LogP contribution in [0, 0.1) is 11.2 Å². The Morgan fingerprint density at radius 1 is 1.08 bits per heavy atom. The van der Waals surface area contributed by atoms with E-state index in [-0.39, 0.29) is 18.3 Å². The SMILES string of the molecule is CN1CCCC2(CC1)CCN(C(=O)COc1ccc(F)cc1)CC2. The molecular formula is C19H27FN2O2. The molecule has 3 rings (SSSR count). The third-order valence-electron chi connectivity index (χ3n) is 5.62. The smallest absolute Gasteiger partial charge is 0.260 e. The van der Waals surface area contributed by atoms with E-state index in [1.54, 1.807) is 12.1 Å². The van der Waals surface area contributed by atoms with Crippen LogP contribution in [0.5, 0.6) is 5.75 Å². The van der Waals surface area contributed by atoms with Gasteiger partial charge < -0.3 is 14.5 Å². The molecule has 0 atom stereocenters. The number of nitrogens with zero attached hydrogens (tertiary/aromatic N) is 2. The number of likely N-dealkylation sites (tertiary alicyclic amines) is 2. The van der Waals surface area contributed by atoms with Crippen molar-refractivity contribution in [1.82, 2.24) is 9.80 Å². The molecule has 4 nitrogen and oxygen atoms in total. The Morgan fingerprint density at radius 2 is 1.75 bits per heavy atom. The Morgan fingerprint density at radius 3 is 2.46 bits per heavy atom. The first-order valence-corrected chi connectivity index (χ1v) is 8.91. The van der Waals surface area contributed by atoms with Crippen molar-refractivity contribution >= 4 is 5.91 Å². The van der Waals surface area contributed by atoms with Crippen molar-refractivity contribution in [3.05, 3.63) is 30.1 Å². The maximum absolute atomic E-state index is 12.9. The van der Waals surface area contributed by atoms with E-state index in [4.69, 9.17) is 4.74 Å². The highest BCUT2D eigenvalue weighted by molar-refractivity contribution is 5.77. The molecule has 5 heteroatoms. The standard InChI is InChI=1S/C19H27FN2O2/c1-21-11-2-7-19(8-12-21)9-13-22(14-10-19)18(23)15-24-17-5-3-16(20)4-6-17/h3-6H,2,7-15H2,1H3. The van der Waals surface area contributed by atoms with Crippen LogP contribution < -0.4 is 4.74 Å². The van der Waals surface area contributed by atoms with Crippen molar-refractivity contribution in [2.45, 2.75) is 32.1 Å². The second kappa shape index (κ2) is 7.51. The normalized spacial score (nSPS) is 21.5. The fraction of sp³-hybridized carbons (Fsp3) is 0.632. The van der Waals surface area contributed by atoms with E-state index >= 15 is 0 Å². The van der Waals surface area contributed by atoms with Gasteiger partial charge >= 0.3 is 0 Å². The zero-order chi connectivity index (χ0) is 17.0. The number of amides is 1. The number of piperidine rings is 1. The van der Waals surface area contributed by atoms with E-state index in [1.807, 2.05) is 4.90 Å². The number of carbonyl (C=O) groups excluding carboxylic acids is 1. The predicted molar refractivity (Wildman–Crippen MR) is 91.5 cm³/mol. The molecule has 1 aromatic rings. The average Bonchev–Trinajstić information content (AvgIpc) is 2.77. The summed E-state index contributed by atoms with van der Waals surface area (Å²) in [4.78, 5) is 16.7. The Hall–Kier alpha value is -1.62. The summed E-state index contributed by atoms with van der Waals surface area (Å²) in [5.41, 5.74) is 0.430. The second-order valence-electron chi connectivity index (χ2n) is 7.28. The van der Waals surface area contributed by atoms with Gasteiger partial charge in [0.1, 0.15) is 11.6 Å². The van der Waals surface area contributed by atoms with Crippen LogP contribution >= 0.6 is 0 Å². The molecule has 0 bridgehead atoms. The van der Waals surface area contributed by atoms with Gasteiger partial charge in [0.2, 0.25) is 0 Å². The van der Waals surface area contributed by atoms with E-state index in [9.17, 15) is 9.18 Å². The lowest BCUT2D eigenvalue weighted by Crippen LogP contribution is -2.45. The fourth-order valence-electron chi connectivity index (χ4n) is 3.89. The molecule has 0 aromatic heterocycles. The number of carbonyl (C=O) groups is 1. The molecule has 0 N–H and O–H groups in total. The monoisotopic (exact) mass is 334 g/mol. The van der Waals surface area contributed by atoms with Crippen molar-refractivity contribution < 1.29 is 13.9 Å². The highest BCUT2D eigenvalue weighted by Crippen LogP contribution is 2.41. The van der Waals surface area contributed by atoms with Gasteiger partial charge in [-0.05, 0) is 81.9 Å². The number of hydrogen-bond acceptors (Lipinski definition) is 3. The minimum Gasteiger partial charge on any atom is -0.484 e. The molecule has 2 aliphatic rings. The van der Waals surface area contributed by atoms with Crippen LogP contribution in [0.4, 0.5) is 4.39 Å². The van der Waals surface area contributed by atoms with E-state index in [0.717, 1.165) is 25.9 Å². The van der Waals surface area contributed by atoms with Crippen LogP contribution in [-0.4, -0.2) is 55.5 Å². The molecule has 2 aliphatic heterocycles. The Kier molecular flexibility index (Phi) is 5.39. The summed E-state index contributed by atoms with van der Waals surface area (Å²) >= 11 is 0. The summed E-state index contributed by atoms with van der Waals surface area (Å²) in [6.45, 7) is 4.05. The van der Waals surface area contributed by atoms with Crippen LogP contribution in [0.1, 0.15) is 32.1 Å². The Bertz CT molecular complexity index is 553. The summed E-state index contributed by atoms with van der Waals surface area (Å²) in [5, 5.41) is 0. The van der Waals surface area contributed by atoms with Crippen molar-refractivity contribution in [3.63, 3.8) is 0 Å². The number of rotatable bonds is 3. The van der Waals surface area contributed by atoms with Gasteiger partial charge in [-0.2, -0.15) is 0 Å². The van der Waals surface area contributed by atoms with Gasteiger partial charge in [0.15, 0.2) is 6.61 Å². The lowest BCUT2D eigenvalue weighted by molar-refractivity contribution is -0.135. The molecule has 24 heavy (non-hydrogen) atoms. The average molecular weight is 334 g/mol. The first kappa shape index (κ1) is 17.2. The van der Waals surface area contributed by atoms with E-state index in [0.29, 0.717) is 11.2 Å². The maximum atomic E-state index is 12.9. The highest BCUT2D eigenvalue weighted by Gasteiger charge is 2.36. The van der Waals surface area contributed by atoms with Gasteiger partial charge in [0.05, 0.1) is 0 Å². The number of hydrogen-bond donors (Lipinski definition) is 0. The lowest BCUT2D eigenvalue weighted by atomic mass is 9.73. The van der Waals surface area contributed by atoms with Gasteiger partial charge in [-0.15, -0.1) is 0 Å². The summed E-state index contributed by atoms with van der Waals surface area (Å²) < 4.78 is 18.4. The van der Waals surface area contributed by atoms with Gasteiger partial charge in [-0.25, -0.2) is 4.39 Å². The van der Waals surface area contributed by atoms with Gasteiger partial charge in [0, 0.05) is 13.1 Å². The number of benzene rings is 1. The van der Waals surface area contributed by atoms with Crippen molar-refractivity contribution in [3.8, 4) is 5.75 Å². The second-order valence-corrected chi connectivity index (χ2v) is 7.28. The Balaban J connectivity index is 1.47. The Labute approximate surface area is 143 Å². The van der Waals surface area contributed by atoms with Crippen LogP contribution in [0.15, 0.2) is 24.3 Å². The van der Waals surface area contributed by atoms with Crippen LogP contribution in [0.25, 0.3) is 0 Å². The molecule has 0 saturated carbocycles. The minimum absolute atomic E-state index is 0.0277. The van der Waals surface area contributed by atoms with Gasteiger partial charge in [0.25, 0.3) is 5.91 Å². The third-order valence-corrected chi connectivity index (χ3v) is 5.62. The maximum Gasteiger partial charge on any atom is 0.260 e. The van der Waals surface area contributed by atoms with E-state index < -0.39 is 0 Å². The molecule has 1 amide bonds. The first-order valence-electron chi connectivity index (χ1n) is 8.91. The zero-order valence-corrected chi connectivity index (χ0v) is 14.5. The molecule has 132 valence electrons. The number of halogens is 1. The molecule has 1 spiro atoms. The minimum atomic E-state index is -0.302. The number of ether oxygens (including phenoxy) is 1. The van der Waals surface area contributed by atoms with E-state index in [2.05, 4.69) is 11.9 Å². The third kappa shape index (κ3) is 4.26. The van der Waals surface area contributed by atoms with Crippen LogP contribution in [0.2, 0.25) is 0 Å². The predicted octanol–water partition coefficient (Wildman–Crippen LogP) is 2.93. The van der Waals surface area contributed by atoms with Crippen LogP contribution in [-0.2, 0) is 4.79 Å². The molecule has 1 aromatic carbocycles. The molecular weight excluding hydrogens is 307 g/mol. The quantitative estimate of drug-likeness (QED) is 0.852. The summed E-state index contributed by atoms with van der Waals surface area (Å²) in [6, 6.07) is 5.78. The molecule has 0 aliphatic carbocycles. The lowest BCUT2D eigenvalue weighted by Gasteiger charge is -2.41. The topological polar surface area (TPSA) is 32.8 Å². The summed E-state index contributed by atoms with van der Waals surface area (Å²) in [7, 11) is 2.20.